The van der Waals surface area contributed by atoms with Crippen LogP contribution in [-0.4, -0.2) is 24.5 Å². The molecule has 152 valence electrons. The number of furan rings is 1. The molecular formula is C22H18N2O6. The topological polar surface area (TPSA) is 107 Å². The number of esters is 1. The van der Waals surface area contributed by atoms with Gasteiger partial charge in [-0.05, 0) is 24.3 Å². The molecule has 0 spiro atoms. The van der Waals surface area contributed by atoms with Crippen molar-refractivity contribution in [2.75, 3.05) is 6.61 Å². The molecule has 8 heteroatoms. The first-order chi connectivity index (χ1) is 14.6. The van der Waals surface area contributed by atoms with Crippen LogP contribution in [0.5, 0.6) is 11.5 Å². The number of fused-ring (bicyclic) bond motifs is 2. The standard InChI is InChI=1S/C22H18N2O6/c25-19(24-22(27)23-12-14-6-5-11-28-14)13-29-21(26)20-15-7-1-3-9-17(15)30-18-10-4-2-8-16(18)20/h1-11,20H,12-13H2,(H2,23,24,25,27). The normalized spacial score (nSPS) is 12.1. The van der Waals surface area contributed by atoms with Crippen LogP contribution in [0.4, 0.5) is 4.79 Å². The Bertz CT molecular complexity index is 1030. The van der Waals surface area contributed by atoms with Crippen LogP contribution in [0.15, 0.2) is 71.3 Å². The van der Waals surface area contributed by atoms with Gasteiger partial charge in [-0.3, -0.25) is 14.9 Å². The van der Waals surface area contributed by atoms with E-state index in [1.165, 1.54) is 6.26 Å². The van der Waals surface area contributed by atoms with Gasteiger partial charge in [0, 0.05) is 11.1 Å². The summed E-state index contributed by atoms with van der Waals surface area (Å²) in [4.78, 5) is 36.6. The number of hydrogen-bond donors (Lipinski definition) is 2. The maximum absolute atomic E-state index is 12.8. The second-order valence-electron chi connectivity index (χ2n) is 6.53. The fourth-order valence-corrected chi connectivity index (χ4v) is 3.17. The average molecular weight is 406 g/mol. The van der Waals surface area contributed by atoms with Gasteiger partial charge in [0.25, 0.3) is 5.91 Å². The maximum atomic E-state index is 12.8. The number of imide groups is 1. The highest BCUT2D eigenvalue weighted by molar-refractivity contribution is 5.96. The Kier molecular flexibility index (Phi) is 5.47. The third-order valence-corrected chi connectivity index (χ3v) is 4.52. The largest absolute Gasteiger partial charge is 0.467 e. The Balaban J connectivity index is 1.37. The summed E-state index contributed by atoms with van der Waals surface area (Å²) in [5.74, 6) is -0.425. The van der Waals surface area contributed by atoms with E-state index in [1.54, 1.807) is 48.5 Å². The smallest absolute Gasteiger partial charge is 0.321 e. The van der Waals surface area contributed by atoms with Gasteiger partial charge in [0.1, 0.15) is 23.2 Å². The van der Waals surface area contributed by atoms with Crippen molar-refractivity contribution in [3.8, 4) is 11.5 Å². The van der Waals surface area contributed by atoms with Crippen molar-refractivity contribution in [3.63, 3.8) is 0 Å². The van der Waals surface area contributed by atoms with Gasteiger partial charge in [-0.15, -0.1) is 0 Å². The van der Waals surface area contributed by atoms with Gasteiger partial charge in [0.15, 0.2) is 6.61 Å². The van der Waals surface area contributed by atoms with E-state index in [2.05, 4.69) is 10.6 Å². The molecule has 1 aromatic heterocycles. The van der Waals surface area contributed by atoms with E-state index in [1.807, 2.05) is 12.1 Å². The lowest BCUT2D eigenvalue weighted by atomic mass is 9.88. The molecule has 2 heterocycles. The Morgan fingerprint density at radius 2 is 1.57 bits per heavy atom. The summed E-state index contributed by atoms with van der Waals surface area (Å²) in [6.45, 7) is -0.462. The minimum atomic E-state index is -0.742. The summed E-state index contributed by atoms with van der Waals surface area (Å²) in [6.07, 6.45) is 1.48. The van der Waals surface area contributed by atoms with Crippen LogP contribution in [0.25, 0.3) is 0 Å². The summed E-state index contributed by atoms with van der Waals surface area (Å²) in [5.41, 5.74) is 1.30. The van der Waals surface area contributed by atoms with Crippen LogP contribution in [0.1, 0.15) is 22.8 Å². The first kappa shape index (κ1) is 19.3. The van der Waals surface area contributed by atoms with Gasteiger partial charge in [0.05, 0.1) is 12.8 Å². The molecule has 0 atom stereocenters. The minimum Gasteiger partial charge on any atom is -0.467 e. The van der Waals surface area contributed by atoms with Gasteiger partial charge in [-0.1, -0.05) is 36.4 Å². The number of urea groups is 1. The number of nitrogens with one attached hydrogen (secondary N) is 2. The quantitative estimate of drug-likeness (QED) is 0.631. The van der Waals surface area contributed by atoms with E-state index in [0.29, 0.717) is 28.4 Å². The zero-order valence-corrected chi connectivity index (χ0v) is 15.8. The van der Waals surface area contributed by atoms with Crippen LogP contribution >= 0.6 is 0 Å². The highest BCUT2D eigenvalue weighted by Gasteiger charge is 2.33. The maximum Gasteiger partial charge on any atom is 0.321 e. The summed E-state index contributed by atoms with van der Waals surface area (Å²) in [5, 5.41) is 4.58. The summed E-state index contributed by atoms with van der Waals surface area (Å²) >= 11 is 0. The van der Waals surface area contributed by atoms with Crippen LogP contribution in [0, 0.1) is 0 Å². The highest BCUT2D eigenvalue weighted by Crippen LogP contribution is 2.44. The first-order valence-electron chi connectivity index (χ1n) is 9.24. The molecule has 1 aliphatic rings. The van der Waals surface area contributed by atoms with Crippen molar-refractivity contribution in [2.24, 2.45) is 0 Å². The number of rotatable bonds is 5. The zero-order valence-electron chi connectivity index (χ0n) is 15.8. The van der Waals surface area contributed by atoms with Crippen molar-refractivity contribution < 1.29 is 28.3 Å². The Hall–Kier alpha value is -4.07. The van der Waals surface area contributed by atoms with Crippen LogP contribution in [0.3, 0.4) is 0 Å². The number of benzene rings is 2. The fourth-order valence-electron chi connectivity index (χ4n) is 3.17. The van der Waals surface area contributed by atoms with Crippen molar-refractivity contribution in [2.45, 2.75) is 12.5 Å². The van der Waals surface area contributed by atoms with E-state index in [-0.39, 0.29) is 6.54 Å². The van der Waals surface area contributed by atoms with E-state index in [4.69, 9.17) is 13.9 Å². The van der Waals surface area contributed by atoms with Gasteiger partial charge in [-0.2, -0.15) is 0 Å². The number of carbonyl (C=O) groups excluding carboxylic acids is 3. The number of amides is 3. The summed E-state index contributed by atoms with van der Waals surface area (Å²) < 4.78 is 16.1. The van der Waals surface area contributed by atoms with Crippen molar-refractivity contribution >= 4 is 17.9 Å². The molecule has 1 aliphatic heterocycles. The average Bonchev–Trinajstić information content (AvgIpc) is 3.28. The van der Waals surface area contributed by atoms with Crippen LogP contribution in [0.2, 0.25) is 0 Å². The SMILES string of the molecule is O=C(COC(=O)C1c2ccccc2Oc2ccccc21)NC(=O)NCc1ccco1. The molecule has 0 fully saturated rings. The minimum absolute atomic E-state index is 0.127. The lowest BCUT2D eigenvalue weighted by Gasteiger charge is -2.26. The van der Waals surface area contributed by atoms with Gasteiger partial charge in [-0.25, -0.2) is 4.79 Å². The van der Waals surface area contributed by atoms with Crippen LogP contribution in [-0.2, 0) is 20.9 Å². The predicted molar refractivity (Wildman–Crippen MR) is 105 cm³/mol. The number of ether oxygens (including phenoxy) is 2. The van der Waals surface area contributed by atoms with Crippen LogP contribution < -0.4 is 15.4 Å². The Labute approximate surface area is 171 Å². The predicted octanol–water partition coefficient (Wildman–Crippen LogP) is 3.09. The molecule has 3 aromatic rings. The second-order valence-corrected chi connectivity index (χ2v) is 6.53. The van der Waals surface area contributed by atoms with Gasteiger partial charge < -0.3 is 19.2 Å². The van der Waals surface area contributed by atoms with Crippen molar-refractivity contribution in [1.29, 1.82) is 0 Å². The zero-order chi connectivity index (χ0) is 20.9. The third kappa shape index (κ3) is 4.17. The summed E-state index contributed by atoms with van der Waals surface area (Å²) in [7, 11) is 0. The lowest BCUT2D eigenvalue weighted by Crippen LogP contribution is -2.41. The Morgan fingerprint density at radius 1 is 0.900 bits per heavy atom. The molecule has 0 saturated carbocycles. The molecule has 4 rings (SSSR count). The molecule has 2 aromatic carbocycles. The van der Waals surface area contributed by atoms with E-state index < -0.39 is 30.4 Å². The lowest BCUT2D eigenvalue weighted by molar-refractivity contribution is -0.149. The molecular weight excluding hydrogens is 388 g/mol. The number of hydrogen-bond acceptors (Lipinski definition) is 6. The molecule has 2 N–H and O–H groups in total. The van der Waals surface area contributed by atoms with Crippen molar-refractivity contribution in [3.05, 3.63) is 83.8 Å². The molecule has 0 bridgehead atoms. The first-order valence-corrected chi connectivity index (χ1v) is 9.24. The fraction of sp³-hybridized carbons (Fsp3) is 0.136. The van der Waals surface area contributed by atoms with E-state index >= 15 is 0 Å². The second kappa shape index (κ2) is 8.52. The Morgan fingerprint density at radius 3 is 2.20 bits per heavy atom. The third-order valence-electron chi connectivity index (χ3n) is 4.52. The molecule has 0 aliphatic carbocycles. The summed E-state index contributed by atoms with van der Waals surface area (Å²) in [6, 6.07) is 17.0. The monoisotopic (exact) mass is 406 g/mol. The molecule has 3 amide bonds. The van der Waals surface area contributed by atoms with Gasteiger partial charge >= 0.3 is 12.0 Å². The molecule has 0 unspecified atom stereocenters. The van der Waals surface area contributed by atoms with Crippen molar-refractivity contribution in [1.82, 2.24) is 10.6 Å². The van der Waals surface area contributed by atoms with E-state index in [0.717, 1.165) is 0 Å². The highest BCUT2D eigenvalue weighted by atomic mass is 16.5. The molecule has 0 saturated heterocycles. The van der Waals surface area contributed by atoms with E-state index in [9.17, 15) is 14.4 Å². The molecule has 0 radical (unpaired) electrons. The molecule has 30 heavy (non-hydrogen) atoms. The molecule has 8 nitrogen and oxygen atoms in total. The number of para-hydroxylation sites is 2. The van der Waals surface area contributed by atoms with Gasteiger partial charge in [0.2, 0.25) is 0 Å². The number of carbonyl (C=O) groups is 3.